The van der Waals surface area contributed by atoms with Crippen LogP contribution in [0.2, 0.25) is 5.02 Å². The van der Waals surface area contributed by atoms with E-state index in [-0.39, 0.29) is 10.6 Å². The van der Waals surface area contributed by atoms with Gasteiger partial charge < -0.3 is 10.3 Å². The summed E-state index contributed by atoms with van der Waals surface area (Å²) in [6, 6.07) is 20.5. The molecule has 0 saturated heterocycles. The van der Waals surface area contributed by atoms with Crippen LogP contribution in [0.25, 0.3) is 22.2 Å². The maximum atomic E-state index is 13.9. The molecule has 1 aromatic heterocycles. The lowest BCUT2D eigenvalue weighted by Gasteiger charge is -2.09. The normalized spacial score (nSPS) is 11.0. The van der Waals surface area contributed by atoms with Crippen LogP contribution in [0.15, 0.2) is 76.1 Å². The first kappa shape index (κ1) is 21.0. The van der Waals surface area contributed by atoms with E-state index in [2.05, 4.69) is 44.4 Å². The van der Waals surface area contributed by atoms with Gasteiger partial charge in [0.15, 0.2) is 0 Å². The van der Waals surface area contributed by atoms with E-state index in [0.29, 0.717) is 12.3 Å². The van der Waals surface area contributed by atoms with Gasteiger partial charge >= 0.3 is 0 Å². The summed E-state index contributed by atoms with van der Waals surface area (Å²) in [5.41, 5.74) is 3.06. The molecule has 0 bridgehead atoms. The molecule has 0 saturated carbocycles. The van der Waals surface area contributed by atoms with Gasteiger partial charge in [-0.2, -0.15) is 0 Å². The number of aromatic amines is 1. The Kier molecular flexibility index (Phi) is 6.46. The zero-order valence-electron chi connectivity index (χ0n) is 15.7. The molecule has 0 aliphatic rings. The number of aromatic nitrogens is 1. The molecule has 1 amide bonds. The molecular formula is C23H17BrClFN2OS. The topological polar surface area (TPSA) is 44.9 Å². The molecule has 3 nitrogen and oxygen atoms in total. The van der Waals surface area contributed by atoms with Gasteiger partial charge in [0.1, 0.15) is 5.82 Å². The van der Waals surface area contributed by atoms with E-state index in [0.717, 1.165) is 31.5 Å². The number of benzene rings is 3. The molecule has 0 radical (unpaired) electrons. The number of carbonyl (C=O) groups excluding carboxylic acids is 1. The highest BCUT2D eigenvalue weighted by molar-refractivity contribution is 9.10. The number of fused-ring (bicyclic) bond motifs is 1. The van der Waals surface area contributed by atoms with Crippen LogP contribution in [0.4, 0.5) is 4.39 Å². The minimum atomic E-state index is -0.623. The van der Waals surface area contributed by atoms with Gasteiger partial charge in [-0.1, -0.05) is 63.9 Å². The molecule has 0 spiro atoms. The summed E-state index contributed by atoms with van der Waals surface area (Å²) in [7, 11) is 0. The number of nitrogens with one attached hydrogen (secondary N) is 2. The van der Waals surface area contributed by atoms with E-state index >= 15 is 0 Å². The molecule has 3 aromatic carbocycles. The molecule has 1 heterocycles. The fraction of sp³-hybridized carbons (Fsp3) is 0.0870. The number of amides is 1. The minimum Gasteiger partial charge on any atom is -0.354 e. The summed E-state index contributed by atoms with van der Waals surface area (Å²) in [6.07, 6.45) is 0. The Morgan fingerprint density at radius 2 is 1.83 bits per heavy atom. The maximum Gasteiger partial charge on any atom is 0.255 e. The molecule has 0 fully saturated rings. The van der Waals surface area contributed by atoms with Gasteiger partial charge in [-0.3, -0.25) is 4.79 Å². The standard InChI is InChI=1S/C23H17BrClFN2OS/c24-15-10-8-14(9-11-15)21-22(16-4-1-2-7-19(16)28-21)30-13-12-27-23(29)20-17(25)5-3-6-18(20)26/h1-11,28H,12-13H2,(H,27,29). The largest absolute Gasteiger partial charge is 0.354 e. The van der Waals surface area contributed by atoms with E-state index < -0.39 is 11.7 Å². The van der Waals surface area contributed by atoms with Crippen molar-refractivity contribution in [3.05, 3.63) is 87.6 Å². The number of hydrogen-bond donors (Lipinski definition) is 2. The fourth-order valence-corrected chi connectivity index (χ4v) is 4.77. The zero-order chi connectivity index (χ0) is 21.1. The van der Waals surface area contributed by atoms with E-state index in [4.69, 9.17) is 11.6 Å². The summed E-state index contributed by atoms with van der Waals surface area (Å²) in [6.45, 7) is 0.382. The molecule has 4 rings (SSSR count). The van der Waals surface area contributed by atoms with Gasteiger partial charge in [-0.15, -0.1) is 11.8 Å². The van der Waals surface area contributed by atoms with Crippen molar-refractivity contribution in [2.24, 2.45) is 0 Å². The predicted octanol–water partition coefficient (Wildman–Crippen LogP) is 6.91. The third-order valence-corrected chi connectivity index (χ3v) is 6.58. The Balaban J connectivity index is 1.51. The average molecular weight is 504 g/mol. The first-order valence-electron chi connectivity index (χ1n) is 9.26. The second-order valence-corrected chi connectivity index (χ2v) is 9.01. The van der Waals surface area contributed by atoms with Crippen molar-refractivity contribution in [2.45, 2.75) is 4.90 Å². The van der Waals surface area contributed by atoms with Gasteiger partial charge in [-0.05, 0) is 35.9 Å². The quantitative estimate of drug-likeness (QED) is 0.222. The van der Waals surface area contributed by atoms with Gasteiger partial charge in [0.25, 0.3) is 5.91 Å². The van der Waals surface area contributed by atoms with Crippen molar-refractivity contribution >= 4 is 56.1 Å². The summed E-state index contributed by atoms with van der Waals surface area (Å²) in [4.78, 5) is 16.9. The van der Waals surface area contributed by atoms with Crippen LogP contribution in [-0.2, 0) is 0 Å². The number of carbonyl (C=O) groups is 1. The van der Waals surface area contributed by atoms with Crippen molar-refractivity contribution in [1.29, 1.82) is 0 Å². The zero-order valence-corrected chi connectivity index (χ0v) is 18.9. The molecular weight excluding hydrogens is 487 g/mol. The van der Waals surface area contributed by atoms with Crippen LogP contribution in [0, 0.1) is 5.82 Å². The van der Waals surface area contributed by atoms with E-state index in [1.807, 2.05) is 30.3 Å². The monoisotopic (exact) mass is 502 g/mol. The van der Waals surface area contributed by atoms with E-state index in [1.165, 1.54) is 18.2 Å². The first-order chi connectivity index (χ1) is 14.5. The average Bonchev–Trinajstić information content (AvgIpc) is 3.10. The molecule has 2 N–H and O–H groups in total. The van der Waals surface area contributed by atoms with Crippen LogP contribution >= 0.6 is 39.3 Å². The molecule has 0 aliphatic carbocycles. The second kappa shape index (κ2) is 9.25. The van der Waals surface area contributed by atoms with Crippen LogP contribution < -0.4 is 5.32 Å². The van der Waals surface area contributed by atoms with Crippen LogP contribution in [-0.4, -0.2) is 23.2 Å². The molecule has 0 aliphatic heterocycles. The Morgan fingerprint density at radius 1 is 1.07 bits per heavy atom. The van der Waals surface area contributed by atoms with Gasteiger partial charge in [0, 0.05) is 32.6 Å². The lowest BCUT2D eigenvalue weighted by atomic mass is 10.1. The Labute approximate surface area is 191 Å². The van der Waals surface area contributed by atoms with E-state index in [1.54, 1.807) is 11.8 Å². The molecule has 30 heavy (non-hydrogen) atoms. The Hall–Kier alpha value is -2.28. The fourth-order valence-electron chi connectivity index (χ4n) is 3.21. The van der Waals surface area contributed by atoms with Crippen LogP contribution in [0.5, 0.6) is 0 Å². The van der Waals surface area contributed by atoms with Gasteiger partial charge in [0.2, 0.25) is 0 Å². The SMILES string of the molecule is O=C(NCCSc1c(-c2ccc(Br)cc2)[nH]c2ccccc12)c1c(F)cccc1Cl. The third-order valence-electron chi connectivity index (χ3n) is 4.62. The molecule has 0 unspecified atom stereocenters. The second-order valence-electron chi connectivity index (χ2n) is 6.58. The van der Waals surface area contributed by atoms with Gasteiger partial charge in [0.05, 0.1) is 16.3 Å². The summed E-state index contributed by atoms with van der Waals surface area (Å²) in [5.74, 6) is -0.504. The van der Waals surface area contributed by atoms with Crippen molar-refractivity contribution in [3.8, 4) is 11.3 Å². The predicted molar refractivity (Wildman–Crippen MR) is 126 cm³/mol. The highest BCUT2D eigenvalue weighted by atomic mass is 79.9. The highest BCUT2D eigenvalue weighted by Crippen LogP contribution is 2.37. The van der Waals surface area contributed by atoms with Crippen molar-refractivity contribution in [2.75, 3.05) is 12.3 Å². The molecule has 152 valence electrons. The number of rotatable bonds is 6. The van der Waals surface area contributed by atoms with Crippen molar-refractivity contribution in [3.63, 3.8) is 0 Å². The summed E-state index contributed by atoms with van der Waals surface area (Å²) >= 11 is 11.1. The van der Waals surface area contributed by atoms with Crippen LogP contribution in [0.1, 0.15) is 10.4 Å². The summed E-state index contributed by atoms with van der Waals surface area (Å²) < 4.78 is 14.9. The molecule has 4 aromatic rings. The first-order valence-corrected chi connectivity index (χ1v) is 11.4. The van der Waals surface area contributed by atoms with Crippen molar-refractivity contribution in [1.82, 2.24) is 10.3 Å². The van der Waals surface area contributed by atoms with Crippen LogP contribution in [0.3, 0.4) is 0 Å². The smallest absolute Gasteiger partial charge is 0.255 e. The Morgan fingerprint density at radius 3 is 2.60 bits per heavy atom. The number of para-hydroxylation sites is 1. The highest BCUT2D eigenvalue weighted by Gasteiger charge is 2.16. The molecule has 0 atom stereocenters. The number of halogens is 3. The Bertz CT molecular complexity index is 1190. The third kappa shape index (κ3) is 4.41. The number of hydrogen-bond acceptors (Lipinski definition) is 2. The molecule has 7 heteroatoms. The minimum absolute atomic E-state index is 0.106. The number of H-pyrrole nitrogens is 1. The maximum absolute atomic E-state index is 13.9. The van der Waals surface area contributed by atoms with Gasteiger partial charge in [-0.25, -0.2) is 4.39 Å². The lowest BCUT2D eigenvalue weighted by molar-refractivity contribution is 0.0952. The van der Waals surface area contributed by atoms with Crippen molar-refractivity contribution < 1.29 is 9.18 Å². The lowest BCUT2D eigenvalue weighted by Crippen LogP contribution is -2.26. The van der Waals surface area contributed by atoms with E-state index in [9.17, 15) is 9.18 Å². The summed E-state index contributed by atoms with van der Waals surface area (Å²) in [5, 5.41) is 3.99. The number of thioether (sulfide) groups is 1.